The molecule has 0 aliphatic carbocycles. The molecule has 0 amide bonds. The van der Waals surface area contributed by atoms with Crippen LogP contribution in [0.2, 0.25) is 0 Å². The summed E-state index contributed by atoms with van der Waals surface area (Å²) < 4.78 is 10.4. The van der Waals surface area contributed by atoms with Crippen LogP contribution in [0.1, 0.15) is 18.5 Å². The Morgan fingerprint density at radius 1 is 1.38 bits per heavy atom. The third-order valence-corrected chi connectivity index (χ3v) is 1.79. The maximum Gasteiger partial charge on any atom is 0.204 e. The Morgan fingerprint density at radius 3 is 2.77 bits per heavy atom. The van der Waals surface area contributed by atoms with Crippen molar-refractivity contribution in [2.24, 2.45) is 0 Å². The Labute approximate surface area is 75.6 Å². The van der Waals surface area contributed by atoms with E-state index >= 15 is 0 Å². The molecule has 0 N–H and O–H groups in total. The van der Waals surface area contributed by atoms with Crippen LogP contribution in [0.5, 0.6) is 0 Å². The van der Waals surface area contributed by atoms with E-state index in [1.165, 1.54) is 0 Å². The minimum atomic E-state index is 0.629. The molecule has 0 aliphatic rings. The van der Waals surface area contributed by atoms with Gasteiger partial charge in [0.25, 0.3) is 0 Å². The summed E-state index contributed by atoms with van der Waals surface area (Å²) in [5.74, 6) is 1.89. The van der Waals surface area contributed by atoms with Gasteiger partial charge in [0.15, 0.2) is 11.7 Å². The molecule has 0 radical (unpaired) electrons. The summed E-state index contributed by atoms with van der Waals surface area (Å²) >= 11 is 0. The summed E-state index contributed by atoms with van der Waals surface area (Å²) in [7, 11) is 0. The second-order valence-corrected chi connectivity index (χ2v) is 2.78. The van der Waals surface area contributed by atoms with E-state index in [2.05, 4.69) is 10.1 Å². The SMILES string of the molecule is CCc1cc(-c2cnc(C)o2)on1. The van der Waals surface area contributed by atoms with Crippen LogP contribution in [0, 0.1) is 6.92 Å². The third-order valence-electron chi connectivity index (χ3n) is 1.79. The zero-order chi connectivity index (χ0) is 9.26. The first kappa shape index (κ1) is 8.04. The van der Waals surface area contributed by atoms with Gasteiger partial charge in [-0.1, -0.05) is 12.1 Å². The highest BCUT2D eigenvalue weighted by molar-refractivity contribution is 5.48. The zero-order valence-electron chi connectivity index (χ0n) is 7.57. The largest absolute Gasteiger partial charge is 0.438 e. The quantitative estimate of drug-likeness (QED) is 0.707. The first-order chi connectivity index (χ1) is 6.29. The lowest BCUT2D eigenvalue weighted by Crippen LogP contribution is -1.73. The molecule has 0 unspecified atom stereocenters. The van der Waals surface area contributed by atoms with Crippen LogP contribution in [0.3, 0.4) is 0 Å². The van der Waals surface area contributed by atoms with Crippen molar-refractivity contribution in [1.29, 1.82) is 0 Å². The molecular formula is C9H10N2O2. The first-order valence-corrected chi connectivity index (χ1v) is 4.18. The monoisotopic (exact) mass is 178 g/mol. The fourth-order valence-corrected chi connectivity index (χ4v) is 1.07. The van der Waals surface area contributed by atoms with E-state index in [1.54, 1.807) is 13.1 Å². The van der Waals surface area contributed by atoms with Crippen molar-refractivity contribution in [3.8, 4) is 11.5 Å². The number of aryl methyl sites for hydroxylation is 2. The first-order valence-electron chi connectivity index (χ1n) is 4.18. The van der Waals surface area contributed by atoms with Gasteiger partial charge in [0.05, 0.1) is 11.9 Å². The molecule has 2 aromatic heterocycles. The van der Waals surface area contributed by atoms with Crippen LogP contribution in [0.4, 0.5) is 0 Å². The van der Waals surface area contributed by atoms with Crippen LogP contribution < -0.4 is 0 Å². The molecule has 0 bridgehead atoms. The number of hydrogen-bond acceptors (Lipinski definition) is 4. The number of hydrogen-bond donors (Lipinski definition) is 0. The molecule has 68 valence electrons. The van der Waals surface area contributed by atoms with E-state index in [9.17, 15) is 0 Å². The van der Waals surface area contributed by atoms with Crippen molar-refractivity contribution < 1.29 is 8.94 Å². The molecule has 0 atom stereocenters. The number of nitrogens with zero attached hydrogens (tertiary/aromatic N) is 2. The van der Waals surface area contributed by atoms with Crippen molar-refractivity contribution in [1.82, 2.24) is 10.1 Å². The number of rotatable bonds is 2. The maximum atomic E-state index is 5.28. The fourth-order valence-electron chi connectivity index (χ4n) is 1.07. The fraction of sp³-hybridized carbons (Fsp3) is 0.333. The Bertz CT molecular complexity index is 403. The molecule has 4 nitrogen and oxygen atoms in total. The van der Waals surface area contributed by atoms with Gasteiger partial charge in [0.1, 0.15) is 0 Å². The molecule has 0 aliphatic heterocycles. The van der Waals surface area contributed by atoms with E-state index in [-0.39, 0.29) is 0 Å². The van der Waals surface area contributed by atoms with Gasteiger partial charge < -0.3 is 8.94 Å². The molecule has 2 rings (SSSR count). The van der Waals surface area contributed by atoms with Crippen LogP contribution in [0.15, 0.2) is 21.2 Å². The summed E-state index contributed by atoms with van der Waals surface area (Å²) in [6.07, 6.45) is 2.49. The van der Waals surface area contributed by atoms with Gasteiger partial charge in [-0.15, -0.1) is 0 Å². The average molecular weight is 178 g/mol. The van der Waals surface area contributed by atoms with E-state index in [0.29, 0.717) is 17.4 Å². The summed E-state index contributed by atoms with van der Waals surface area (Å²) in [6, 6.07) is 1.86. The standard InChI is InChI=1S/C9H10N2O2/c1-3-7-4-8(13-11-7)9-5-10-6(2)12-9/h4-5H,3H2,1-2H3. The topological polar surface area (TPSA) is 52.1 Å². The van der Waals surface area contributed by atoms with Crippen molar-refractivity contribution >= 4 is 0 Å². The molecule has 2 heterocycles. The molecule has 0 saturated heterocycles. The summed E-state index contributed by atoms with van der Waals surface area (Å²) in [4.78, 5) is 3.97. The van der Waals surface area contributed by atoms with Crippen LogP contribution in [-0.4, -0.2) is 10.1 Å². The smallest absolute Gasteiger partial charge is 0.204 e. The van der Waals surface area contributed by atoms with E-state index < -0.39 is 0 Å². The van der Waals surface area contributed by atoms with Gasteiger partial charge in [-0.05, 0) is 6.42 Å². The van der Waals surface area contributed by atoms with Gasteiger partial charge in [0, 0.05) is 13.0 Å². The minimum absolute atomic E-state index is 0.629. The van der Waals surface area contributed by atoms with Crippen molar-refractivity contribution in [2.45, 2.75) is 20.3 Å². The predicted octanol–water partition coefficient (Wildman–Crippen LogP) is 2.20. The average Bonchev–Trinajstić information content (AvgIpc) is 2.71. The number of aromatic nitrogens is 2. The van der Waals surface area contributed by atoms with Gasteiger partial charge in [0.2, 0.25) is 5.76 Å². The van der Waals surface area contributed by atoms with Gasteiger partial charge in [-0.2, -0.15) is 0 Å². The normalized spacial score (nSPS) is 10.6. The number of oxazole rings is 1. The van der Waals surface area contributed by atoms with Crippen LogP contribution in [-0.2, 0) is 6.42 Å². The lowest BCUT2D eigenvalue weighted by Gasteiger charge is -1.83. The molecular weight excluding hydrogens is 168 g/mol. The van der Waals surface area contributed by atoms with Crippen LogP contribution in [0.25, 0.3) is 11.5 Å². The van der Waals surface area contributed by atoms with E-state index in [4.69, 9.17) is 8.94 Å². The van der Waals surface area contributed by atoms with E-state index in [0.717, 1.165) is 12.1 Å². The summed E-state index contributed by atoms with van der Waals surface area (Å²) in [6.45, 7) is 3.81. The van der Waals surface area contributed by atoms with Gasteiger partial charge in [-0.25, -0.2) is 4.98 Å². The third kappa shape index (κ3) is 1.47. The Hall–Kier alpha value is -1.58. The molecule has 0 aromatic carbocycles. The lowest BCUT2D eigenvalue weighted by atomic mass is 10.3. The summed E-state index contributed by atoms with van der Waals surface area (Å²) in [5.41, 5.74) is 0.920. The second-order valence-electron chi connectivity index (χ2n) is 2.78. The zero-order valence-corrected chi connectivity index (χ0v) is 7.57. The molecule has 0 fully saturated rings. The molecule has 2 aromatic rings. The Kier molecular flexibility index (Phi) is 1.88. The highest BCUT2D eigenvalue weighted by Gasteiger charge is 2.09. The van der Waals surface area contributed by atoms with Crippen LogP contribution >= 0.6 is 0 Å². The van der Waals surface area contributed by atoms with Gasteiger partial charge in [-0.3, -0.25) is 0 Å². The Morgan fingerprint density at radius 2 is 2.23 bits per heavy atom. The van der Waals surface area contributed by atoms with Crippen molar-refractivity contribution in [2.75, 3.05) is 0 Å². The molecule has 0 saturated carbocycles. The Balaban J connectivity index is 2.35. The van der Waals surface area contributed by atoms with E-state index in [1.807, 2.05) is 13.0 Å². The van der Waals surface area contributed by atoms with Crippen molar-refractivity contribution in [3.05, 3.63) is 23.8 Å². The minimum Gasteiger partial charge on any atom is -0.438 e. The highest BCUT2D eigenvalue weighted by atomic mass is 16.5. The molecule has 4 heteroatoms. The lowest BCUT2D eigenvalue weighted by molar-refractivity contribution is 0.408. The van der Waals surface area contributed by atoms with Gasteiger partial charge >= 0.3 is 0 Å². The second kappa shape index (κ2) is 3.05. The summed E-state index contributed by atoms with van der Waals surface area (Å²) in [5, 5.41) is 3.86. The highest BCUT2D eigenvalue weighted by Crippen LogP contribution is 2.20. The predicted molar refractivity (Wildman–Crippen MR) is 46.1 cm³/mol. The molecule has 13 heavy (non-hydrogen) atoms. The molecule has 0 spiro atoms. The van der Waals surface area contributed by atoms with Crippen molar-refractivity contribution in [3.63, 3.8) is 0 Å². The maximum absolute atomic E-state index is 5.28.